The minimum Gasteiger partial charge on any atom is -0.487 e. The predicted octanol–water partition coefficient (Wildman–Crippen LogP) is 1.90. The van der Waals surface area contributed by atoms with Crippen LogP contribution in [-0.2, 0) is 14.3 Å². The second kappa shape index (κ2) is 10.5. The first-order valence-corrected chi connectivity index (χ1v) is 11.5. The Hall–Kier alpha value is -2.36. The van der Waals surface area contributed by atoms with Crippen LogP contribution in [0.15, 0.2) is 18.2 Å². The molecule has 9 heteroatoms. The normalized spacial score (nSPS) is 26.7. The first-order valence-electron chi connectivity index (χ1n) is 11.5. The van der Waals surface area contributed by atoms with E-state index in [-0.39, 0.29) is 49.1 Å². The SMILES string of the molecule is COCCNC(=O)C[C@H]1C[C@@H]2c3cc(NC(=O)NC4CCCC4)ccc3O[C@@H]2[C@@H](CO)O1. The Morgan fingerprint density at radius 3 is 2.81 bits per heavy atom. The minimum absolute atomic E-state index is 0.0210. The van der Waals surface area contributed by atoms with E-state index in [1.807, 2.05) is 18.2 Å². The minimum atomic E-state index is -0.514. The zero-order chi connectivity index (χ0) is 22.5. The number of nitrogens with one attached hydrogen (secondary N) is 3. The summed E-state index contributed by atoms with van der Waals surface area (Å²) in [5.41, 5.74) is 1.67. The molecule has 3 amide bonds. The second-order valence-corrected chi connectivity index (χ2v) is 8.78. The van der Waals surface area contributed by atoms with Crippen molar-refractivity contribution in [3.8, 4) is 5.75 Å². The summed E-state index contributed by atoms with van der Waals surface area (Å²) in [7, 11) is 1.58. The molecule has 1 aliphatic carbocycles. The maximum atomic E-state index is 12.4. The molecular formula is C23H33N3O6. The molecule has 2 heterocycles. The number of ether oxygens (including phenoxy) is 3. The van der Waals surface area contributed by atoms with Crippen molar-refractivity contribution in [2.45, 2.75) is 68.8 Å². The summed E-state index contributed by atoms with van der Waals surface area (Å²) in [6.07, 6.45) is 4.02. The predicted molar refractivity (Wildman–Crippen MR) is 118 cm³/mol. The van der Waals surface area contributed by atoms with Crippen LogP contribution in [0.25, 0.3) is 0 Å². The van der Waals surface area contributed by atoms with Crippen LogP contribution >= 0.6 is 0 Å². The molecule has 0 spiro atoms. The van der Waals surface area contributed by atoms with Gasteiger partial charge in [-0.15, -0.1) is 0 Å². The monoisotopic (exact) mass is 447 g/mol. The van der Waals surface area contributed by atoms with E-state index < -0.39 is 6.10 Å². The number of fused-ring (bicyclic) bond motifs is 3. The number of carbonyl (C=O) groups excluding carboxylic acids is 2. The first kappa shape index (κ1) is 22.8. The van der Waals surface area contributed by atoms with Gasteiger partial charge in [-0.1, -0.05) is 12.8 Å². The highest BCUT2D eigenvalue weighted by Gasteiger charge is 2.46. The smallest absolute Gasteiger partial charge is 0.319 e. The molecule has 1 aromatic carbocycles. The number of urea groups is 1. The number of hydrogen-bond donors (Lipinski definition) is 4. The van der Waals surface area contributed by atoms with Crippen LogP contribution in [-0.4, -0.2) is 68.3 Å². The average Bonchev–Trinajstić information content (AvgIpc) is 3.41. The van der Waals surface area contributed by atoms with E-state index in [1.54, 1.807) is 7.11 Å². The Bertz CT molecular complexity index is 813. The Labute approximate surface area is 188 Å². The third-order valence-corrected chi connectivity index (χ3v) is 6.49. The molecule has 1 aromatic rings. The third-order valence-electron chi connectivity index (χ3n) is 6.49. The molecule has 1 saturated carbocycles. The fourth-order valence-electron chi connectivity index (χ4n) is 4.96. The van der Waals surface area contributed by atoms with E-state index in [2.05, 4.69) is 16.0 Å². The van der Waals surface area contributed by atoms with Gasteiger partial charge < -0.3 is 35.3 Å². The molecular weight excluding hydrogens is 414 g/mol. The van der Waals surface area contributed by atoms with E-state index in [0.717, 1.165) is 37.0 Å². The summed E-state index contributed by atoms with van der Waals surface area (Å²) in [4.78, 5) is 24.6. The molecule has 0 unspecified atom stereocenters. The van der Waals surface area contributed by atoms with Gasteiger partial charge in [-0.2, -0.15) is 0 Å². The van der Waals surface area contributed by atoms with Crippen molar-refractivity contribution in [3.05, 3.63) is 23.8 Å². The van der Waals surface area contributed by atoms with E-state index in [4.69, 9.17) is 14.2 Å². The van der Waals surface area contributed by atoms with Crippen LogP contribution in [0.2, 0.25) is 0 Å². The number of rotatable bonds is 8. The highest BCUT2D eigenvalue weighted by atomic mass is 16.6. The Balaban J connectivity index is 1.41. The molecule has 0 radical (unpaired) electrons. The van der Waals surface area contributed by atoms with Gasteiger partial charge >= 0.3 is 6.03 Å². The molecule has 0 aromatic heterocycles. The van der Waals surface area contributed by atoms with Crippen molar-refractivity contribution < 1.29 is 28.9 Å². The maximum absolute atomic E-state index is 12.4. The fraction of sp³-hybridized carbons (Fsp3) is 0.652. The van der Waals surface area contributed by atoms with Crippen molar-refractivity contribution >= 4 is 17.6 Å². The molecule has 4 rings (SSSR count). The first-order chi connectivity index (χ1) is 15.6. The standard InChI is InChI=1S/C23H33N3O6/c1-30-9-8-24-21(28)12-16-11-18-17-10-15(26-23(29)25-14-4-2-3-5-14)6-7-19(17)32-22(18)20(13-27)31-16/h6-7,10,14,16,18,20,22,27H,2-5,8-9,11-13H2,1H3,(H,24,28)(H2,25,26,29)/t16-,18-,20-,22+/m1/s1. The Morgan fingerprint density at radius 2 is 2.06 bits per heavy atom. The fourth-order valence-corrected chi connectivity index (χ4v) is 4.96. The molecule has 9 nitrogen and oxygen atoms in total. The van der Waals surface area contributed by atoms with Crippen LogP contribution in [0.4, 0.5) is 10.5 Å². The summed E-state index contributed by atoms with van der Waals surface area (Å²) in [5.74, 6) is 0.599. The lowest BCUT2D eigenvalue weighted by molar-refractivity contribution is -0.142. The second-order valence-electron chi connectivity index (χ2n) is 8.78. The molecule has 2 aliphatic heterocycles. The highest BCUT2D eigenvalue weighted by molar-refractivity contribution is 5.89. The lowest BCUT2D eigenvalue weighted by Gasteiger charge is -2.37. The highest BCUT2D eigenvalue weighted by Crippen LogP contribution is 2.47. The summed E-state index contributed by atoms with van der Waals surface area (Å²) < 4.78 is 17.0. The molecule has 4 N–H and O–H groups in total. The molecule has 2 fully saturated rings. The number of aliphatic hydroxyl groups is 1. The molecule has 4 atom stereocenters. The van der Waals surface area contributed by atoms with Crippen LogP contribution in [0.1, 0.15) is 50.0 Å². The van der Waals surface area contributed by atoms with E-state index >= 15 is 0 Å². The molecule has 3 aliphatic rings. The van der Waals surface area contributed by atoms with Crippen molar-refractivity contribution in [1.29, 1.82) is 0 Å². The topological polar surface area (TPSA) is 118 Å². The van der Waals surface area contributed by atoms with Gasteiger partial charge in [0.05, 0.1) is 25.7 Å². The zero-order valence-corrected chi connectivity index (χ0v) is 18.5. The van der Waals surface area contributed by atoms with E-state index in [1.165, 1.54) is 0 Å². The van der Waals surface area contributed by atoms with Crippen molar-refractivity contribution in [2.24, 2.45) is 0 Å². The molecule has 0 bridgehead atoms. The van der Waals surface area contributed by atoms with Crippen LogP contribution in [0.5, 0.6) is 5.75 Å². The van der Waals surface area contributed by atoms with Crippen LogP contribution in [0.3, 0.4) is 0 Å². The van der Waals surface area contributed by atoms with E-state index in [9.17, 15) is 14.7 Å². The molecule has 176 valence electrons. The van der Waals surface area contributed by atoms with Gasteiger partial charge in [0.25, 0.3) is 0 Å². The largest absolute Gasteiger partial charge is 0.487 e. The van der Waals surface area contributed by atoms with Gasteiger partial charge in [-0.3, -0.25) is 4.79 Å². The number of amides is 3. The van der Waals surface area contributed by atoms with Crippen LogP contribution in [0, 0.1) is 0 Å². The van der Waals surface area contributed by atoms with Gasteiger partial charge in [0.2, 0.25) is 5.91 Å². The molecule has 1 saturated heterocycles. The van der Waals surface area contributed by atoms with Crippen molar-refractivity contribution in [3.63, 3.8) is 0 Å². The average molecular weight is 448 g/mol. The Kier molecular flexibility index (Phi) is 7.49. The molecule has 32 heavy (non-hydrogen) atoms. The maximum Gasteiger partial charge on any atom is 0.319 e. The third kappa shape index (κ3) is 5.33. The lowest BCUT2D eigenvalue weighted by atomic mass is 9.84. The number of benzene rings is 1. The summed E-state index contributed by atoms with van der Waals surface area (Å²) in [6, 6.07) is 5.65. The number of anilines is 1. The Morgan fingerprint density at radius 1 is 1.25 bits per heavy atom. The van der Waals surface area contributed by atoms with Crippen molar-refractivity contribution in [1.82, 2.24) is 10.6 Å². The van der Waals surface area contributed by atoms with Gasteiger partial charge in [-0.25, -0.2) is 4.79 Å². The van der Waals surface area contributed by atoms with Gasteiger partial charge in [0, 0.05) is 36.9 Å². The summed E-state index contributed by atoms with van der Waals surface area (Å²) >= 11 is 0. The number of hydrogen-bond acceptors (Lipinski definition) is 6. The summed E-state index contributed by atoms with van der Waals surface area (Å²) in [6.45, 7) is 0.708. The van der Waals surface area contributed by atoms with Gasteiger partial charge in [0.1, 0.15) is 18.0 Å². The number of carbonyl (C=O) groups is 2. The quantitative estimate of drug-likeness (QED) is 0.452. The van der Waals surface area contributed by atoms with Gasteiger partial charge in [-0.05, 0) is 37.5 Å². The van der Waals surface area contributed by atoms with Crippen molar-refractivity contribution in [2.75, 3.05) is 32.2 Å². The van der Waals surface area contributed by atoms with E-state index in [0.29, 0.717) is 25.3 Å². The lowest BCUT2D eigenvalue weighted by Crippen LogP contribution is -2.47. The number of methoxy groups -OCH3 is 1. The van der Waals surface area contributed by atoms with Crippen LogP contribution < -0.4 is 20.7 Å². The van der Waals surface area contributed by atoms with Gasteiger partial charge in [0.15, 0.2) is 0 Å². The summed E-state index contributed by atoms with van der Waals surface area (Å²) in [5, 5.41) is 18.6. The number of aliphatic hydroxyl groups excluding tert-OH is 1. The zero-order valence-electron chi connectivity index (χ0n) is 18.5.